The number of halogens is 1. The van der Waals surface area contributed by atoms with Crippen LogP contribution in [0.25, 0.3) is 0 Å². The van der Waals surface area contributed by atoms with Crippen molar-refractivity contribution in [3.63, 3.8) is 0 Å². The van der Waals surface area contributed by atoms with E-state index < -0.39 is 0 Å². The average Bonchev–Trinajstić information content (AvgIpc) is 2.39. The molecule has 0 spiro atoms. The first-order valence-electron chi connectivity index (χ1n) is 6.41. The van der Waals surface area contributed by atoms with Gasteiger partial charge < -0.3 is 10.1 Å². The highest BCUT2D eigenvalue weighted by molar-refractivity contribution is 5.94. The zero-order chi connectivity index (χ0) is 12.5. The number of rotatable bonds is 1. The van der Waals surface area contributed by atoms with Crippen molar-refractivity contribution < 1.29 is 13.9 Å². The maximum atomic E-state index is 13.4. The largest absolute Gasteiger partial charge is 0.381 e. The van der Waals surface area contributed by atoms with Gasteiger partial charge in [0.25, 0.3) is 0 Å². The molecule has 3 rings (SSSR count). The van der Waals surface area contributed by atoms with E-state index in [4.69, 9.17) is 4.74 Å². The average molecular weight is 249 g/mol. The number of anilines is 1. The maximum absolute atomic E-state index is 13.4. The summed E-state index contributed by atoms with van der Waals surface area (Å²) in [4.78, 5) is 11.7. The van der Waals surface area contributed by atoms with Crippen LogP contribution >= 0.6 is 0 Å². The van der Waals surface area contributed by atoms with E-state index in [2.05, 4.69) is 5.32 Å². The zero-order valence-corrected chi connectivity index (χ0v) is 10.1. The molecule has 2 heterocycles. The van der Waals surface area contributed by atoms with Crippen LogP contribution in [0.3, 0.4) is 0 Å². The molecular formula is C14H16FNO2. The van der Waals surface area contributed by atoms with Gasteiger partial charge in [0.1, 0.15) is 5.82 Å². The third kappa shape index (κ3) is 2.12. The van der Waals surface area contributed by atoms with Crippen LogP contribution in [-0.2, 0) is 9.53 Å². The van der Waals surface area contributed by atoms with E-state index in [0.717, 1.165) is 30.7 Å². The molecule has 3 nitrogen and oxygen atoms in total. The van der Waals surface area contributed by atoms with E-state index >= 15 is 0 Å². The Hall–Kier alpha value is -1.42. The lowest BCUT2D eigenvalue weighted by Gasteiger charge is -2.34. The molecule has 0 aliphatic carbocycles. The van der Waals surface area contributed by atoms with Gasteiger partial charge >= 0.3 is 0 Å². The third-order valence-electron chi connectivity index (χ3n) is 3.86. The number of benzene rings is 1. The molecule has 0 aromatic heterocycles. The molecule has 1 saturated heterocycles. The van der Waals surface area contributed by atoms with Gasteiger partial charge in [0.05, 0.1) is 0 Å². The Morgan fingerprint density at radius 2 is 2.28 bits per heavy atom. The highest BCUT2D eigenvalue weighted by atomic mass is 19.1. The summed E-state index contributed by atoms with van der Waals surface area (Å²) in [5, 5.41) is 2.81. The fourth-order valence-corrected chi connectivity index (χ4v) is 2.97. The lowest BCUT2D eigenvalue weighted by Crippen LogP contribution is -2.31. The molecule has 2 atom stereocenters. The minimum absolute atomic E-state index is 0.0182. The summed E-state index contributed by atoms with van der Waals surface area (Å²) in [6.07, 6.45) is 2.51. The molecule has 2 aliphatic heterocycles. The minimum Gasteiger partial charge on any atom is -0.381 e. The molecule has 96 valence electrons. The molecule has 1 fully saturated rings. The molecule has 4 heteroatoms. The second-order valence-corrected chi connectivity index (χ2v) is 5.07. The summed E-state index contributed by atoms with van der Waals surface area (Å²) in [5.41, 5.74) is 1.67. The van der Waals surface area contributed by atoms with E-state index in [0.29, 0.717) is 18.9 Å². The second-order valence-electron chi connectivity index (χ2n) is 5.07. The highest BCUT2D eigenvalue weighted by Crippen LogP contribution is 2.40. The summed E-state index contributed by atoms with van der Waals surface area (Å²) < 4.78 is 18.9. The predicted molar refractivity (Wildman–Crippen MR) is 65.9 cm³/mol. The monoisotopic (exact) mass is 249 g/mol. The number of ether oxygens (including phenoxy) is 1. The van der Waals surface area contributed by atoms with E-state index in [1.165, 1.54) is 6.07 Å². The minimum atomic E-state index is -0.244. The molecule has 0 bridgehead atoms. The van der Waals surface area contributed by atoms with Crippen molar-refractivity contribution in [1.29, 1.82) is 0 Å². The van der Waals surface area contributed by atoms with Crippen LogP contribution in [0, 0.1) is 11.7 Å². The SMILES string of the molecule is O=C1CC(C2CCCOC2)c2cc(F)ccc2N1. The number of carbonyl (C=O) groups is 1. The summed E-state index contributed by atoms with van der Waals surface area (Å²) >= 11 is 0. The van der Waals surface area contributed by atoms with E-state index in [-0.39, 0.29) is 17.6 Å². The van der Waals surface area contributed by atoms with Gasteiger partial charge in [0, 0.05) is 25.3 Å². The van der Waals surface area contributed by atoms with Crippen molar-refractivity contribution in [3.8, 4) is 0 Å². The number of amides is 1. The van der Waals surface area contributed by atoms with Gasteiger partial charge in [-0.1, -0.05) is 0 Å². The third-order valence-corrected chi connectivity index (χ3v) is 3.86. The molecule has 2 unspecified atom stereocenters. The summed E-state index contributed by atoms with van der Waals surface area (Å²) in [5.74, 6) is 0.186. The van der Waals surface area contributed by atoms with Crippen LogP contribution in [0.1, 0.15) is 30.7 Å². The Morgan fingerprint density at radius 1 is 1.39 bits per heavy atom. The van der Waals surface area contributed by atoms with Crippen molar-refractivity contribution in [2.75, 3.05) is 18.5 Å². The van der Waals surface area contributed by atoms with Gasteiger partial charge in [-0.3, -0.25) is 4.79 Å². The fourth-order valence-electron chi connectivity index (χ4n) is 2.97. The van der Waals surface area contributed by atoms with Crippen LogP contribution in [-0.4, -0.2) is 19.1 Å². The summed E-state index contributed by atoms with van der Waals surface area (Å²) in [7, 11) is 0. The number of fused-ring (bicyclic) bond motifs is 1. The fraction of sp³-hybridized carbons (Fsp3) is 0.500. The molecular weight excluding hydrogens is 233 g/mol. The maximum Gasteiger partial charge on any atom is 0.225 e. The first-order valence-corrected chi connectivity index (χ1v) is 6.41. The highest BCUT2D eigenvalue weighted by Gasteiger charge is 2.32. The van der Waals surface area contributed by atoms with Crippen LogP contribution in [0.4, 0.5) is 10.1 Å². The smallest absolute Gasteiger partial charge is 0.225 e. The van der Waals surface area contributed by atoms with Crippen molar-refractivity contribution in [1.82, 2.24) is 0 Å². The van der Waals surface area contributed by atoms with Gasteiger partial charge in [-0.05, 0) is 48.4 Å². The van der Waals surface area contributed by atoms with Crippen molar-refractivity contribution in [2.45, 2.75) is 25.2 Å². The van der Waals surface area contributed by atoms with Crippen molar-refractivity contribution >= 4 is 11.6 Å². The van der Waals surface area contributed by atoms with Gasteiger partial charge in [-0.15, -0.1) is 0 Å². The summed E-state index contributed by atoms with van der Waals surface area (Å²) in [6, 6.07) is 4.59. The van der Waals surface area contributed by atoms with E-state index in [1.807, 2.05) is 0 Å². The normalized spacial score (nSPS) is 27.5. The quantitative estimate of drug-likeness (QED) is 0.831. The van der Waals surface area contributed by atoms with E-state index in [9.17, 15) is 9.18 Å². The molecule has 2 aliphatic rings. The van der Waals surface area contributed by atoms with Crippen LogP contribution < -0.4 is 5.32 Å². The number of nitrogens with one attached hydrogen (secondary N) is 1. The number of hydrogen-bond donors (Lipinski definition) is 1. The molecule has 1 N–H and O–H groups in total. The lowest BCUT2D eigenvalue weighted by atomic mass is 9.78. The van der Waals surface area contributed by atoms with Crippen LogP contribution in [0.5, 0.6) is 0 Å². The van der Waals surface area contributed by atoms with E-state index in [1.54, 1.807) is 12.1 Å². The molecule has 1 amide bonds. The van der Waals surface area contributed by atoms with Crippen LogP contribution in [0.2, 0.25) is 0 Å². The van der Waals surface area contributed by atoms with Gasteiger partial charge in [-0.25, -0.2) is 4.39 Å². The topological polar surface area (TPSA) is 38.3 Å². The summed E-state index contributed by atoms with van der Waals surface area (Å²) in [6.45, 7) is 1.47. The Balaban J connectivity index is 1.94. The van der Waals surface area contributed by atoms with Crippen molar-refractivity contribution in [2.24, 2.45) is 5.92 Å². The number of carbonyl (C=O) groups excluding carboxylic acids is 1. The molecule has 0 saturated carbocycles. The Morgan fingerprint density at radius 3 is 3.06 bits per heavy atom. The van der Waals surface area contributed by atoms with Gasteiger partial charge in [0.15, 0.2) is 0 Å². The van der Waals surface area contributed by atoms with Gasteiger partial charge in [-0.2, -0.15) is 0 Å². The Kier molecular flexibility index (Phi) is 3.04. The Labute approximate surface area is 105 Å². The molecule has 1 aromatic rings. The standard InChI is InChI=1S/C14H16FNO2/c15-10-3-4-13-12(6-10)11(7-14(17)16-13)9-2-1-5-18-8-9/h3-4,6,9,11H,1-2,5,7-8H2,(H,16,17). The van der Waals surface area contributed by atoms with Gasteiger partial charge in [0.2, 0.25) is 5.91 Å². The zero-order valence-electron chi connectivity index (χ0n) is 10.1. The molecule has 0 radical (unpaired) electrons. The Bertz CT molecular complexity index is 469. The molecule has 18 heavy (non-hydrogen) atoms. The van der Waals surface area contributed by atoms with Crippen LogP contribution in [0.15, 0.2) is 18.2 Å². The first kappa shape index (κ1) is 11.7. The predicted octanol–water partition coefficient (Wildman–Crippen LogP) is 2.68. The van der Waals surface area contributed by atoms with Crippen molar-refractivity contribution in [3.05, 3.63) is 29.6 Å². The second kappa shape index (κ2) is 4.69. The number of hydrogen-bond acceptors (Lipinski definition) is 2. The lowest BCUT2D eigenvalue weighted by molar-refractivity contribution is -0.117. The first-order chi connectivity index (χ1) is 8.74. The molecule has 1 aromatic carbocycles.